The summed E-state index contributed by atoms with van der Waals surface area (Å²) in [5, 5.41) is 15.8. The molecule has 1 fully saturated rings. The molecule has 1 aliphatic heterocycles. The quantitative estimate of drug-likeness (QED) is 0.897. The zero-order valence-electron chi connectivity index (χ0n) is 9.67. The van der Waals surface area contributed by atoms with Crippen LogP contribution in [0.2, 0.25) is 0 Å². The maximum Gasteiger partial charge on any atom is 0.101 e. The first-order chi connectivity index (χ1) is 8.29. The van der Waals surface area contributed by atoms with Crippen molar-refractivity contribution in [3.05, 3.63) is 28.2 Å². The van der Waals surface area contributed by atoms with Gasteiger partial charge in [0.1, 0.15) is 6.07 Å². The van der Waals surface area contributed by atoms with Crippen molar-refractivity contribution in [3.63, 3.8) is 0 Å². The molecule has 0 spiro atoms. The van der Waals surface area contributed by atoms with Gasteiger partial charge in [0.25, 0.3) is 0 Å². The summed E-state index contributed by atoms with van der Waals surface area (Å²) < 4.78 is 0.998. The maximum atomic E-state index is 9.00. The first-order valence-corrected chi connectivity index (χ1v) is 6.76. The molecule has 0 radical (unpaired) electrons. The molecule has 0 bridgehead atoms. The third kappa shape index (κ3) is 3.45. The van der Waals surface area contributed by atoms with Gasteiger partial charge in [-0.25, -0.2) is 0 Å². The Morgan fingerprint density at radius 2 is 2.41 bits per heavy atom. The van der Waals surface area contributed by atoms with Crippen LogP contribution in [0.3, 0.4) is 0 Å². The molecule has 1 aromatic rings. The van der Waals surface area contributed by atoms with Gasteiger partial charge in [0.15, 0.2) is 0 Å². The van der Waals surface area contributed by atoms with Crippen LogP contribution in [0.25, 0.3) is 0 Å². The Morgan fingerprint density at radius 1 is 1.53 bits per heavy atom. The van der Waals surface area contributed by atoms with E-state index in [4.69, 9.17) is 5.26 Å². The van der Waals surface area contributed by atoms with Gasteiger partial charge >= 0.3 is 0 Å². The van der Waals surface area contributed by atoms with E-state index in [1.54, 1.807) is 0 Å². The monoisotopic (exact) mass is 293 g/mol. The van der Waals surface area contributed by atoms with Gasteiger partial charge in [0.05, 0.1) is 11.3 Å². The summed E-state index contributed by atoms with van der Waals surface area (Å²) in [6.45, 7) is 2.05. The number of nitriles is 1. The molecule has 1 atom stereocenters. The fourth-order valence-corrected chi connectivity index (χ4v) is 2.51. The Labute approximate surface area is 110 Å². The number of rotatable bonds is 4. The predicted molar refractivity (Wildman–Crippen MR) is 73.0 cm³/mol. The van der Waals surface area contributed by atoms with Crippen molar-refractivity contribution in [1.29, 1.82) is 5.26 Å². The van der Waals surface area contributed by atoms with Crippen molar-refractivity contribution in [3.8, 4) is 6.07 Å². The fourth-order valence-electron chi connectivity index (χ4n) is 2.14. The molecule has 0 saturated carbocycles. The molecular formula is C13H16BrN3. The Morgan fingerprint density at radius 3 is 3.12 bits per heavy atom. The van der Waals surface area contributed by atoms with Gasteiger partial charge in [-0.2, -0.15) is 5.26 Å². The van der Waals surface area contributed by atoms with Crippen molar-refractivity contribution >= 4 is 21.6 Å². The maximum absolute atomic E-state index is 9.00. The lowest BCUT2D eigenvalue weighted by atomic mass is 10.1. The highest BCUT2D eigenvalue weighted by Crippen LogP contribution is 2.21. The van der Waals surface area contributed by atoms with E-state index in [-0.39, 0.29) is 0 Å². The Bertz CT molecular complexity index is 419. The second-order valence-electron chi connectivity index (χ2n) is 4.31. The number of hydrogen-bond donors (Lipinski definition) is 2. The molecule has 1 aromatic carbocycles. The molecule has 0 aromatic heterocycles. The normalized spacial score (nSPS) is 18.9. The summed E-state index contributed by atoms with van der Waals surface area (Å²) in [5.74, 6) is 0. The fraction of sp³-hybridized carbons (Fsp3) is 0.462. The molecule has 17 heavy (non-hydrogen) atoms. The van der Waals surface area contributed by atoms with E-state index in [0.29, 0.717) is 11.6 Å². The molecule has 4 heteroatoms. The largest absolute Gasteiger partial charge is 0.384 e. The van der Waals surface area contributed by atoms with Gasteiger partial charge in [-0.05, 0) is 44.0 Å². The van der Waals surface area contributed by atoms with Crippen LogP contribution in [0.5, 0.6) is 0 Å². The Hall–Kier alpha value is -1.05. The molecule has 0 unspecified atom stereocenters. The van der Waals surface area contributed by atoms with Crippen molar-refractivity contribution in [2.75, 3.05) is 18.4 Å². The highest BCUT2D eigenvalue weighted by molar-refractivity contribution is 9.10. The molecule has 2 rings (SSSR count). The van der Waals surface area contributed by atoms with Crippen LogP contribution in [0.1, 0.15) is 24.8 Å². The molecule has 90 valence electrons. The number of anilines is 1. The first-order valence-electron chi connectivity index (χ1n) is 5.96. The zero-order chi connectivity index (χ0) is 12.1. The molecular weight excluding hydrogens is 278 g/mol. The minimum atomic E-state index is 0.639. The van der Waals surface area contributed by atoms with E-state index < -0.39 is 0 Å². The lowest BCUT2D eigenvalue weighted by Crippen LogP contribution is -2.24. The molecule has 3 nitrogen and oxygen atoms in total. The number of benzene rings is 1. The number of halogens is 1. The Kier molecular flexibility index (Phi) is 4.41. The molecule has 1 aliphatic rings. The lowest BCUT2D eigenvalue weighted by Gasteiger charge is -2.12. The van der Waals surface area contributed by atoms with Crippen LogP contribution < -0.4 is 10.6 Å². The summed E-state index contributed by atoms with van der Waals surface area (Å²) in [4.78, 5) is 0. The molecule has 2 N–H and O–H groups in total. The smallest absolute Gasteiger partial charge is 0.101 e. The predicted octanol–water partition coefficient (Wildman–Crippen LogP) is 2.87. The van der Waals surface area contributed by atoms with E-state index in [9.17, 15) is 0 Å². The molecule has 1 heterocycles. The zero-order valence-corrected chi connectivity index (χ0v) is 11.3. The lowest BCUT2D eigenvalue weighted by molar-refractivity contribution is 0.574. The van der Waals surface area contributed by atoms with E-state index in [1.807, 2.05) is 18.2 Å². The van der Waals surface area contributed by atoms with E-state index in [0.717, 1.165) is 29.7 Å². The van der Waals surface area contributed by atoms with Crippen LogP contribution in [0.4, 0.5) is 5.69 Å². The highest BCUT2D eigenvalue weighted by atomic mass is 79.9. The van der Waals surface area contributed by atoms with Crippen LogP contribution in [0.15, 0.2) is 22.7 Å². The summed E-state index contributed by atoms with van der Waals surface area (Å²) in [6.07, 6.45) is 3.66. The topological polar surface area (TPSA) is 47.9 Å². The second-order valence-corrected chi connectivity index (χ2v) is 5.23. The van der Waals surface area contributed by atoms with Crippen molar-refractivity contribution in [1.82, 2.24) is 5.32 Å². The van der Waals surface area contributed by atoms with Gasteiger partial charge in [0.2, 0.25) is 0 Å². The highest BCUT2D eigenvalue weighted by Gasteiger charge is 2.13. The Balaban J connectivity index is 1.89. The van der Waals surface area contributed by atoms with Gasteiger partial charge in [-0.15, -0.1) is 0 Å². The summed E-state index contributed by atoms with van der Waals surface area (Å²) >= 11 is 3.42. The standard InChI is InChI=1S/C13H16BrN3/c14-11-4-3-10(9-15)13(8-11)17-7-5-12-2-1-6-16-12/h3-4,8,12,16-17H,1-2,5-7H2/t12-/m0/s1. The average molecular weight is 294 g/mol. The summed E-state index contributed by atoms with van der Waals surface area (Å²) in [7, 11) is 0. The van der Waals surface area contributed by atoms with Crippen molar-refractivity contribution in [2.45, 2.75) is 25.3 Å². The van der Waals surface area contributed by atoms with Crippen molar-refractivity contribution in [2.24, 2.45) is 0 Å². The van der Waals surface area contributed by atoms with Crippen LogP contribution >= 0.6 is 15.9 Å². The number of hydrogen-bond acceptors (Lipinski definition) is 3. The molecule has 0 amide bonds. The minimum Gasteiger partial charge on any atom is -0.384 e. The third-order valence-corrected chi connectivity index (χ3v) is 3.57. The SMILES string of the molecule is N#Cc1ccc(Br)cc1NCC[C@@H]1CCCN1. The average Bonchev–Trinajstić information content (AvgIpc) is 2.82. The second kappa shape index (κ2) is 6.04. The summed E-state index contributed by atoms with van der Waals surface area (Å²) in [5.41, 5.74) is 1.62. The minimum absolute atomic E-state index is 0.639. The third-order valence-electron chi connectivity index (χ3n) is 3.07. The van der Waals surface area contributed by atoms with Gasteiger partial charge in [0, 0.05) is 17.1 Å². The summed E-state index contributed by atoms with van der Waals surface area (Å²) in [6, 6.07) is 8.52. The van der Waals surface area contributed by atoms with E-state index >= 15 is 0 Å². The van der Waals surface area contributed by atoms with Crippen LogP contribution in [0, 0.1) is 11.3 Å². The van der Waals surface area contributed by atoms with E-state index in [2.05, 4.69) is 32.6 Å². The van der Waals surface area contributed by atoms with Crippen LogP contribution in [-0.2, 0) is 0 Å². The molecule has 0 aliphatic carbocycles. The van der Waals surface area contributed by atoms with Gasteiger partial charge < -0.3 is 10.6 Å². The van der Waals surface area contributed by atoms with Gasteiger partial charge in [-0.3, -0.25) is 0 Å². The van der Waals surface area contributed by atoms with E-state index in [1.165, 1.54) is 12.8 Å². The molecule has 1 saturated heterocycles. The van der Waals surface area contributed by atoms with Gasteiger partial charge in [-0.1, -0.05) is 15.9 Å². The number of nitrogens with one attached hydrogen (secondary N) is 2. The van der Waals surface area contributed by atoms with Crippen LogP contribution in [-0.4, -0.2) is 19.1 Å². The first kappa shape index (κ1) is 12.4. The number of nitrogens with zero attached hydrogens (tertiary/aromatic N) is 1. The van der Waals surface area contributed by atoms with Crippen molar-refractivity contribution < 1.29 is 0 Å².